The molecule has 1 aliphatic rings. The van der Waals surface area contributed by atoms with Crippen molar-refractivity contribution in [3.05, 3.63) is 24.0 Å². The van der Waals surface area contributed by atoms with Crippen LogP contribution >= 0.6 is 11.8 Å². The van der Waals surface area contributed by atoms with Crippen molar-refractivity contribution in [2.24, 2.45) is 5.92 Å². The van der Waals surface area contributed by atoms with Gasteiger partial charge in [-0.05, 0) is 51.0 Å². The molecule has 20 heavy (non-hydrogen) atoms. The van der Waals surface area contributed by atoms with E-state index in [1.54, 1.807) is 11.8 Å². The molecule has 0 aliphatic heterocycles. The van der Waals surface area contributed by atoms with Crippen LogP contribution in [0.3, 0.4) is 0 Å². The maximum absolute atomic E-state index is 11.1. The molecule has 1 rings (SSSR count). The molecule has 0 aromatic carbocycles. The lowest BCUT2D eigenvalue weighted by Crippen LogP contribution is -2.35. The largest absolute Gasteiger partial charge is 0.483 e. The second-order valence-electron chi connectivity index (χ2n) is 5.05. The second-order valence-corrected chi connectivity index (χ2v) is 5.87. The maximum atomic E-state index is 11.1. The van der Waals surface area contributed by atoms with Crippen LogP contribution in [0.4, 0.5) is 0 Å². The molecule has 0 spiro atoms. The van der Waals surface area contributed by atoms with Gasteiger partial charge >= 0.3 is 0 Å². The Labute approximate surface area is 126 Å². The van der Waals surface area contributed by atoms with E-state index in [1.807, 2.05) is 26.2 Å². The van der Waals surface area contributed by atoms with Crippen molar-refractivity contribution < 1.29 is 14.3 Å². The van der Waals surface area contributed by atoms with E-state index in [-0.39, 0.29) is 12.1 Å². The van der Waals surface area contributed by atoms with Gasteiger partial charge in [-0.15, -0.1) is 11.8 Å². The molecule has 114 valence electrons. The standard InChI is InChI=1S/C15H25NO3S/c1-12(2)18-10-16-14(9-17)8-13-4-6-15(7-5-13)19-11-20-3/h4,6-7,9,12-14,16H,5,8,10-11H2,1-3H3/t13?,14-/m1/s1. The van der Waals surface area contributed by atoms with Crippen LogP contribution in [0.25, 0.3) is 0 Å². The topological polar surface area (TPSA) is 47.6 Å². The Morgan fingerprint density at radius 3 is 2.90 bits per heavy atom. The van der Waals surface area contributed by atoms with Crippen molar-refractivity contribution in [1.29, 1.82) is 0 Å². The molecule has 0 radical (unpaired) electrons. The third-order valence-corrected chi connectivity index (χ3v) is 3.33. The SMILES string of the molecule is CSCOC1=CCC(C[C@H](C=O)NCOC(C)C)C=C1. The first kappa shape index (κ1) is 17.3. The average molecular weight is 299 g/mol. The zero-order valence-electron chi connectivity index (χ0n) is 12.5. The number of carbonyl (C=O) groups is 1. The summed E-state index contributed by atoms with van der Waals surface area (Å²) in [6.45, 7) is 4.36. The Kier molecular flexibility index (Phi) is 8.65. The van der Waals surface area contributed by atoms with Gasteiger partial charge in [0.2, 0.25) is 0 Å². The molecular formula is C15H25NO3S. The van der Waals surface area contributed by atoms with Crippen molar-refractivity contribution in [3.8, 4) is 0 Å². The minimum Gasteiger partial charge on any atom is -0.483 e. The number of nitrogens with one attached hydrogen (secondary N) is 1. The summed E-state index contributed by atoms with van der Waals surface area (Å²) in [7, 11) is 0. The normalized spacial score (nSPS) is 19.8. The van der Waals surface area contributed by atoms with Crippen LogP contribution in [0, 0.1) is 5.92 Å². The molecule has 1 unspecified atom stereocenters. The predicted octanol–water partition coefficient (Wildman–Crippen LogP) is 2.71. The molecule has 0 heterocycles. The first-order valence-corrected chi connectivity index (χ1v) is 8.35. The van der Waals surface area contributed by atoms with E-state index in [1.165, 1.54) is 0 Å². The van der Waals surface area contributed by atoms with E-state index < -0.39 is 0 Å². The van der Waals surface area contributed by atoms with Gasteiger partial charge < -0.3 is 14.3 Å². The van der Waals surface area contributed by atoms with Gasteiger partial charge in [0.25, 0.3) is 0 Å². The van der Waals surface area contributed by atoms with Gasteiger partial charge in [0, 0.05) is 0 Å². The van der Waals surface area contributed by atoms with Crippen molar-refractivity contribution in [3.63, 3.8) is 0 Å². The molecule has 0 amide bonds. The zero-order chi connectivity index (χ0) is 14.8. The quantitative estimate of drug-likeness (QED) is 0.496. The van der Waals surface area contributed by atoms with Crippen LogP contribution in [0.15, 0.2) is 24.0 Å². The first-order chi connectivity index (χ1) is 9.65. The van der Waals surface area contributed by atoms with E-state index in [9.17, 15) is 4.79 Å². The van der Waals surface area contributed by atoms with E-state index >= 15 is 0 Å². The Morgan fingerprint density at radius 2 is 2.35 bits per heavy atom. The summed E-state index contributed by atoms with van der Waals surface area (Å²) in [5.74, 6) is 1.97. The summed E-state index contributed by atoms with van der Waals surface area (Å²) in [5, 5.41) is 3.11. The number of hydrogen-bond donors (Lipinski definition) is 1. The molecule has 0 saturated carbocycles. The maximum Gasteiger partial charge on any atom is 0.136 e. The summed E-state index contributed by atoms with van der Waals surface area (Å²) >= 11 is 1.65. The number of rotatable bonds is 10. The average Bonchev–Trinajstić information content (AvgIpc) is 2.45. The van der Waals surface area contributed by atoms with Gasteiger partial charge in [-0.25, -0.2) is 0 Å². The number of ether oxygens (including phenoxy) is 2. The summed E-state index contributed by atoms with van der Waals surface area (Å²) in [6, 6.07) is -0.162. The first-order valence-electron chi connectivity index (χ1n) is 6.96. The number of thioether (sulfide) groups is 1. The van der Waals surface area contributed by atoms with Gasteiger partial charge in [0.1, 0.15) is 18.0 Å². The molecule has 0 aromatic heterocycles. The molecule has 0 aromatic rings. The van der Waals surface area contributed by atoms with Gasteiger partial charge in [0.05, 0.1) is 18.9 Å². The predicted molar refractivity (Wildman–Crippen MR) is 83.5 cm³/mol. The molecule has 0 saturated heterocycles. The fraction of sp³-hybridized carbons (Fsp3) is 0.667. The monoisotopic (exact) mass is 299 g/mol. The number of aldehydes is 1. The van der Waals surface area contributed by atoms with E-state index in [0.29, 0.717) is 18.6 Å². The molecule has 5 heteroatoms. The minimum atomic E-state index is -0.162. The van der Waals surface area contributed by atoms with Gasteiger partial charge in [-0.1, -0.05) is 6.08 Å². The van der Waals surface area contributed by atoms with E-state index in [4.69, 9.17) is 9.47 Å². The highest BCUT2D eigenvalue weighted by atomic mass is 32.2. The summed E-state index contributed by atoms with van der Waals surface area (Å²) < 4.78 is 10.9. The molecule has 1 N–H and O–H groups in total. The molecule has 2 atom stereocenters. The molecule has 0 fully saturated rings. The van der Waals surface area contributed by atoms with E-state index in [0.717, 1.165) is 24.9 Å². The molecule has 0 bridgehead atoms. The Bertz CT molecular complexity index is 342. The highest BCUT2D eigenvalue weighted by molar-refractivity contribution is 7.98. The van der Waals surface area contributed by atoms with Crippen LogP contribution in [-0.4, -0.2) is 37.4 Å². The number of hydrogen-bond acceptors (Lipinski definition) is 5. The fourth-order valence-corrected chi connectivity index (χ4v) is 2.14. The third-order valence-electron chi connectivity index (χ3n) is 2.98. The zero-order valence-corrected chi connectivity index (χ0v) is 13.3. The van der Waals surface area contributed by atoms with Crippen LogP contribution < -0.4 is 5.32 Å². The molecular weight excluding hydrogens is 274 g/mol. The van der Waals surface area contributed by atoms with Crippen molar-refractivity contribution in [2.75, 3.05) is 18.9 Å². The van der Waals surface area contributed by atoms with Crippen LogP contribution in [0.2, 0.25) is 0 Å². The highest BCUT2D eigenvalue weighted by Gasteiger charge is 2.15. The van der Waals surface area contributed by atoms with Gasteiger partial charge in [-0.3, -0.25) is 5.32 Å². The second kappa shape index (κ2) is 10.0. The van der Waals surface area contributed by atoms with E-state index in [2.05, 4.69) is 17.5 Å². The van der Waals surface area contributed by atoms with Crippen LogP contribution in [0.5, 0.6) is 0 Å². The number of carbonyl (C=O) groups excluding carboxylic acids is 1. The Hall–Kier alpha value is -0.780. The third kappa shape index (κ3) is 7.12. The lowest BCUT2D eigenvalue weighted by Gasteiger charge is -2.20. The Balaban J connectivity index is 2.28. The van der Waals surface area contributed by atoms with Gasteiger partial charge in [0.15, 0.2) is 0 Å². The smallest absolute Gasteiger partial charge is 0.136 e. The van der Waals surface area contributed by atoms with Crippen molar-refractivity contribution in [2.45, 2.75) is 38.8 Å². The minimum absolute atomic E-state index is 0.162. The molecule has 1 aliphatic carbocycles. The van der Waals surface area contributed by atoms with Crippen LogP contribution in [0.1, 0.15) is 26.7 Å². The van der Waals surface area contributed by atoms with Crippen LogP contribution in [-0.2, 0) is 14.3 Å². The fourth-order valence-electron chi connectivity index (χ4n) is 1.89. The highest BCUT2D eigenvalue weighted by Crippen LogP contribution is 2.21. The Morgan fingerprint density at radius 1 is 1.55 bits per heavy atom. The summed E-state index contributed by atoms with van der Waals surface area (Å²) in [5.41, 5.74) is 0. The number of allylic oxidation sites excluding steroid dienone is 3. The van der Waals surface area contributed by atoms with Crippen molar-refractivity contribution >= 4 is 18.0 Å². The summed E-state index contributed by atoms with van der Waals surface area (Å²) in [6.07, 6.45) is 11.0. The van der Waals surface area contributed by atoms with Crippen molar-refractivity contribution in [1.82, 2.24) is 5.32 Å². The summed E-state index contributed by atoms with van der Waals surface area (Å²) in [4.78, 5) is 11.1. The lowest BCUT2D eigenvalue weighted by molar-refractivity contribution is -0.110. The van der Waals surface area contributed by atoms with Gasteiger partial charge in [-0.2, -0.15) is 0 Å². The molecule has 4 nitrogen and oxygen atoms in total. The lowest BCUT2D eigenvalue weighted by atomic mass is 9.93.